The smallest absolute Gasteiger partial charge is 0.411 e. The van der Waals surface area contributed by atoms with Gasteiger partial charge in [-0.2, -0.15) is 0 Å². The van der Waals surface area contributed by atoms with Gasteiger partial charge in [0.2, 0.25) is 0 Å². The summed E-state index contributed by atoms with van der Waals surface area (Å²) in [6.07, 6.45) is 0.436. The van der Waals surface area contributed by atoms with Crippen molar-refractivity contribution < 1.29 is 24.5 Å². The predicted molar refractivity (Wildman–Crippen MR) is 64.1 cm³/mol. The zero-order valence-corrected chi connectivity index (χ0v) is 10.8. The third-order valence-corrected chi connectivity index (χ3v) is 2.66. The molecule has 0 aromatic heterocycles. The lowest BCUT2D eigenvalue weighted by Crippen LogP contribution is -2.43. The van der Waals surface area contributed by atoms with Gasteiger partial charge in [0.05, 0.1) is 6.54 Å². The maximum atomic E-state index is 11.9. The number of carboxylic acids is 1. The molecule has 0 aromatic rings. The number of nitrogens with zero attached hydrogens (tertiary/aromatic N) is 1. The second kappa shape index (κ2) is 4.61. The van der Waals surface area contributed by atoms with Gasteiger partial charge in [0.1, 0.15) is 17.2 Å². The highest BCUT2D eigenvalue weighted by Crippen LogP contribution is 2.29. The van der Waals surface area contributed by atoms with Crippen molar-refractivity contribution in [3.05, 3.63) is 12.7 Å². The number of amides is 1. The largest absolute Gasteiger partial charge is 0.480 e. The summed E-state index contributed by atoms with van der Waals surface area (Å²) in [6.45, 7) is 8.40. The van der Waals surface area contributed by atoms with Crippen LogP contribution in [0.3, 0.4) is 0 Å². The van der Waals surface area contributed by atoms with E-state index in [1.165, 1.54) is 6.08 Å². The molecule has 1 heterocycles. The van der Waals surface area contributed by atoms with E-state index in [9.17, 15) is 14.7 Å². The highest BCUT2D eigenvalue weighted by molar-refractivity contribution is 5.81. The van der Waals surface area contributed by atoms with Crippen molar-refractivity contribution in [3.63, 3.8) is 0 Å². The van der Waals surface area contributed by atoms with Crippen molar-refractivity contribution >= 4 is 12.1 Å². The Labute approximate surface area is 106 Å². The molecule has 6 heteroatoms. The van der Waals surface area contributed by atoms with Crippen molar-refractivity contribution in [1.82, 2.24) is 4.90 Å². The molecule has 0 aliphatic carbocycles. The van der Waals surface area contributed by atoms with Gasteiger partial charge in [-0.3, -0.25) is 4.90 Å². The van der Waals surface area contributed by atoms with Gasteiger partial charge in [0.25, 0.3) is 0 Å². The van der Waals surface area contributed by atoms with Crippen LogP contribution >= 0.6 is 0 Å². The van der Waals surface area contributed by atoms with Crippen molar-refractivity contribution in [3.8, 4) is 0 Å². The van der Waals surface area contributed by atoms with E-state index in [4.69, 9.17) is 9.84 Å². The van der Waals surface area contributed by atoms with Crippen LogP contribution in [0.4, 0.5) is 4.79 Å². The first kappa shape index (κ1) is 14.5. The average molecular weight is 257 g/mol. The average Bonchev–Trinajstić information content (AvgIpc) is 2.55. The van der Waals surface area contributed by atoms with Gasteiger partial charge in [0, 0.05) is 6.42 Å². The number of rotatable bonds is 2. The quantitative estimate of drug-likeness (QED) is 0.720. The third kappa shape index (κ3) is 3.22. The van der Waals surface area contributed by atoms with Gasteiger partial charge in [-0.1, -0.05) is 6.08 Å². The molecule has 2 atom stereocenters. The van der Waals surface area contributed by atoms with Gasteiger partial charge < -0.3 is 14.9 Å². The predicted octanol–water partition coefficient (Wildman–Crippen LogP) is 0.998. The molecule has 1 aliphatic rings. The zero-order chi connectivity index (χ0) is 14.1. The maximum Gasteiger partial charge on any atom is 0.411 e. The first-order chi connectivity index (χ1) is 8.08. The minimum absolute atomic E-state index is 0.0783. The molecule has 6 nitrogen and oxygen atoms in total. The molecule has 1 amide bonds. The van der Waals surface area contributed by atoms with E-state index in [1.54, 1.807) is 20.8 Å². The number of aliphatic hydroxyl groups is 1. The van der Waals surface area contributed by atoms with Gasteiger partial charge >= 0.3 is 12.1 Å². The summed E-state index contributed by atoms with van der Waals surface area (Å²) in [6, 6.07) is -1.09. The Kier molecular flexibility index (Phi) is 3.71. The standard InChI is InChI=1S/C12H19NO5/c1-5-12(17)6-8(9(14)15)13(7-12)10(16)18-11(2,3)4/h5,8,17H,1,6-7H2,2-4H3,(H,14,15). The van der Waals surface area contributed by atoms with Crippen LogP contribution in [-0.4, -0.2) is 51.0 Å². The van der Waals surface area contributed by atoms with Crippen LogP contribution in [0.25, 0.3) is 0 Å². The molecule has 0 aromatic carbocycles. The molecule has 0 spiro atoms. The lowest BCUT2D eigenvalue weighted by molar-refractivity contribution is -0.142. The Hall–Kier alpha value is -1.56. The summed E-state index contributed by atoms with van der Waals surface area (Å²) in [5, 5.41) is 19.1. The molecular weight excluding hydrogens is 238 g/mol. The number of ether oxygens (including phenoxy) is 1. The number of carboxylic acid groups (broad SMARTS) is 1. The maximum absolute atomic E-state index is 11.9. The van der Waals surface area contributed by atoms with Gasteiger partial charge in [0.15, 0.2) is 0 Å². The minimum Gasteiger partial charge on any atom is -0.480 e. The molecule has 1 rings (SSSR count). The minimum atomic E-state index is -1.38. The highest BCUT2D eigenvalue weighted by Gasteiger charge is 2.47. The molecule has 2 unspecified atom stereocenters. The molecule has 102 valence electrons. The number of β-amino-alcohol motifs (C(OH)–C–C–N with tert-alkyl or cyclic N) is 1. The summed E-state index contributed by atoms with van der Waals surface area (Å²) < 4.78 is 5.12. The van der Waals surface area contributed by atoms with Crippen LogP contribution in [-0.2, 0) is 9.53 Å². The van der Waals surface area contributed by atoms with E-state index in [-0.39, 0.29) is 13.0 Å². The van der Waals surface area contributed by atoms with Gasteiger partial charge in [-0.05, 0) is 20.8 Å². The van der Waals surface area contributed by atoms with Crippen LogP contribution in [0.5, 0.6) is 0 Å². The Morgan fingerprint density at radius 2 is 2.06 bits per heavy atom. The van der Waals surface area contributed by atoms with E-state index >= 15 is 0 Å². The molecule has 1 saturated heterocycles. The Morgan fingerprint density at radius 3 is 2.44 bits per heavy atom. The number of aliphatic carboxylic acids is 1. The van der Waals surface area contributed by atoms with Gasteiger partial charge in [-0.15, -0.1) is 6.58 Å². The van der Waals surface area contributed by atoms with Crippen molar-refractivity contribution in [1.29, 1.82) is 0 Å². The first-order valence-electron chi connectivity index (χ1n) is 5.66. The third-order valence-electron chi connectivity index (χ3n) is 2.66. The lowest BCUT2D eigenvalue weighted by atomic mass is 10.0. The Bertz CT molecular complexity index is 373. The van der Waals surface area contributed by atoms with Crippen molar-refractivity contribution in [2.24, 2.45) is 0 Å². The fourth-order valence-corrected chi connectivity index (χ4v) is 1.80. The van der Waals surface area contributed by atoms with Crippen LogP contribution in [0.1, 0.15) is 27.2 Å². The summed E-state index contributed by atoms with van der Waals surface area (Å²) in [5.74, 6) is -1.17. The molecule has 0 bridgehead atoms. The van der Waals surface area contributed by atoms with Crippen LogP contribution in [0, 0.1) is 0 Å². The van der Waals surface area contributed by atoms with E-state index in [1.807, 2.05) is 0 Å². The normalized spacial score (nSPS) is 28.0. The summed E-state index contributed by atoms with van der Waals surface area (Å²) >= 11 is 0. The van der Waals surface area contributed by atoms with E-state index in [2.05, 4.69) is 6.58 Å². The SMILES string of the molecule is C=CC1(O)CC(C(=O)O)N(C(=O)OC(C)(C)C)C1. The van der Waals surface area contributed by atoms with Crippen molar-refractivity contribution in [2.45, 2.75) is 44.4 Å². The molecule has 1 aliphatic heterocycles. The van der Waals surface area contributed by atoms with Crippen LogP contribution in [0.15, 0.2) is 12.7 Å². The summed E-state index contributed by atoms with van der Waals surface area (Å²) in [5.41, 5.74) is -2.09. The first-order valence-corrected chi connectivity index (χ1v) is 5.66. The van der Waals surface area contributed by atoms with E-state index < -0.39 is 29.3 Å². The number of carbonyl (C=O) groups excluding carboxylic acids is 1. The molecule has 0 saturated carbocycles. The molecule has 1 fully saturated rings. The second-order valence-corrected chi connectivity index (χ2v) is 5.47. The van der Waals surface area contributed by atoms with Crippen LogP contribution in [0.2, 0.25) is 0 Å². The monoisotopic (exact) mass is 257 g/mol. The Morgan fingerprint density at radius 1 is 1.50 bits per heavy atom. The Balaban J connectivity index is 2.89. The fraction of sp³-hybridized carbons (Fsp3) is 0.667. The molecule has 0 radical (unpaired) electrons. The summed E-state index contributed by atoms with van der Waals surface area (Å²) in [4.78, 5) is 24.0. The highest BCUT2D eigenvalue weighted by atomic mass is 16.6. The molecule has 2 N–H and O–H groups in total. The fourth-order valence-electron chi connectivity index (χ4n) is 1.80. The van der Waals surface area contributed by atoms with Crippen molar-refractivity contribution in [2.75, 3.05) is 6.54 Å². The molecular formula is C12H19NO5. The summed E-state index contributed by atoms with van der Waals surface area (Å²) in [7, 11) is 0. The topological polar surface area (TPSA) is 87.1 Å². The molecule has 18 heavy (non-hydrogen) atoms. The second-order valence-electron chi connectivity index (χ2n) is 5.47. The lowest BCUT2D eigenvalue weighted by Gasteiger charge is -2.27. The van der Waals surface area contributed by atoms with Crippen LogP contribution < -0.4 is 0 Å². The van der Waals surface area contributed by atoms with E-state index in [0.29, 0.717) is 0 Å². The zero-order valence-electron chi connectivity index (χ0n) is 10.8. The number of hydrogen-bond donors (Lipinski definition) is 2. The van der Waals surface area contributed by atoms with Gasteiger partial charge in [-0.25, -0.2) is 9.59 Å². The number of hydrogen-bond acceptors (Lipinski definition) is 4. The number of carbonyl (C=O) groups is 2. The number of likely N-dealkylation sites (tertiary alicyclic amines) is 1. The van der Waals surface area contributed by atoms with E-state index in [0.717, 1.165) is 4.90 Å².